The van der Waals surface area contributed by atoms with E-state index in [9.17, 15) is 4.39 Å². The second-order valence-electron chi connectivity index (χ2n) is 3.83. The summed E-state index contributed by atoms with van der Waals surface area (Å²) in [7, 11) is 1.74. The van der Waals surface area contributed by atoms with Crippen LogP contribution in [0, 0.1) is 12.7 Å². The van der Waals surface area contributed by atoms with Crippen LogP contribution in [0.2, 0.25) is 0 Å². The summed E-state index contributed by atoms with van der Waals surface area (Å²) in [5.41, 5.74) is 6.41. The van der Waals surface area contributed by atoms with Crippen LogP contribution in [0.5, 0.6) is 11.6 Å². The minimum atomic E-state index is -0.501. The van der Waals surface area contributed by atoms with Crippen molar-refractivity contribution in [2.45, 2.75) is 6.92 Å². The van der Waals surface area contributed by atoms with Crippen LogP contribution >= 0.6 is 12.2 Å². The van der Waals surface area contributed by atoms with E-state index in [1.807, 2.05) is 6.92 Å². The molecule has 1 aromatic heterocycles. The first-order chi connectivity index (χ1) is 8.49. The molecule has 18 heavy (non-hydrogen) atoms. The second kappa shape index (κ2) is 4.73. The quantitative estimate of drug-likeness (QED) is 0.865. The lowest BCUT2D eigenvalue weighted by molar-refractivity contribution is 0.426. The van der Waals surface area contributed by atoms with Crippen molar-refractivity contribution in [2.24, 2.45) is 12.8 Å². The first-order valence-electron chi connectivity index (χ1n) is 5.26. The first kappa shape index (κ1) is 12.5. The number of aryl methyl sites for hydroxylation is 2. The summed E-state index contributed by atoms with van der Waals surface area (Å²) < 4.78 is 20.8. The molecule has 0 bridgehead atoms. The molecule has 0 amide bonds. The van der Waals surface area contributed by atoms with Crippen LogP contribution in [0.1, 0.15) is 11.3 Å². The average molecular weight is 265 g/mol. The minimum Gasteiger partial charge on any atom is -0.438 e. The summed E-state index contributed by atoms with van der Waals surface area (Å²) in [5.74, 6) is 0.278. The number of halogens is 1. The van der Waals surface area contributed by atoms with Crippen LogP contribution in [0.3, 0.4) is 0 Å². The highest BCUT2D eigenvalue weighted by Gasteiger charge is 2.14. The molecule has 0 unspecified atom stereocenters. The predicted molar refractivity (Wildman–Crippen MR) is 70.3 cm³/mol. The van der Waals surface area contributed by atoms with E-state index < -0.39 is 5.82 Å². The Labute approximate surface area is 109 Å². The van der Waals surface area contributed by atoms with Crippen molar-refractivity contribution in [3.8, 4) is 11.6 Å². The third-order valence-electron chi connectivity index (χ3n) is 2.40. The van der Waals surface area contributed by atoms with Gasteiger partial charge in [0, 0.05) is 13.1 Å². The number of hydrogen-bond donors (Lipinski definition) is 1. The minimum absolute atomic E-state index is 0.0398. The molecule has 0 radical (unpaired) electrons. The molecule has 0 aliphatic carbocycles. The van der Waals surface area contributed by atoms with Gasteiger partial charge in [0.2, 0.25) is 5.88 Å². The van der Waals surface area contributed by atoms with Gasteiger partial charge in [-0.25, -0.2) is 9.07 Å². The lowest BCUT2D eigenvalue weighted by atomic mass is 10.2. The van der Waals surface area contributed by atoms with Gasteiger partial charge in [-0.2, -0.15) is 5.10 Å². The monoisotopic (exact) mass is 265 g/mol. The summed E-state index contributed by atoms with van der Waals surface area (Å²) in [5, 5.41) is 4.14. The number of benzene rings is 1. The molecule has 94 valence electrons. The lowest BCUT2D eigenvalue weighted by Gasteiger charge is -2.10. The fourth-order valence-corrected chi connectivity index (χ4v) is 1.82. The lowest BCUT2D eigenvalue weighted by Crippen LogP contribution is -2.13. The zero-order chi connectivity index (χ0) is 13.3. The SMILES string of the molecule is Cc1cc(Oc2cccc(F)c2C(N)=S)n(C)n1. The molecule has 0 aliphatic rings. The number of hydrogen-bond acceptors (Lipinski definition) is 3. The van der Waals surface area contributed by atoms with E-state index >= 15 is 0 Å². The highest BCUT2D eigenvalue weighted by Crippen LogP contribution is 2.27. The number of ether oxygens (including phenoxy) is 1. The highest BCUT2D eigenvalue weighted by atomic mass is 32.1. The molecular formula is C12H12FN3OS. The Balaban J connectivity index is 2.43. The van der Waals surface area contributed by atoms with E-state index in [4.69, 9.17) is 22.7 Å². The first-order valence-corrected chi connectivity index (χ1v) is 5.66. The van der Waals surface area contributed by atoms with Gasteiger partial charge in [0.15, 0.2) is 0 Å². The third kappa shape index (κ3) is 2.33. The zero-order valence-corrected chi connectivity index (χ0v) is 10.8. The van der Waals surface area contributed by atoms with Crippen LogP contribution in [0.15, 0.2) is 24.3 Å². The predicted octanol–water partition coefficient (Wildman–Crippen LogP) is 2.29. The van der Waals surface area contributed by atoms with Gasteiger partial charge < -0.3 is 10.5 Å². The maximum Gasteiger partial charge on any atom is 0.217 e. The van der Waals surface area contributed by atoms with E-state index in [2.05, 4.69) is 5.10 Å². The Morgan fingerprint density at radius 3 is 2.78 bits per heavy atom. The number of aromatic nitrogens is 2. The van der Waals surface area contributed by atoms with Crippen LogP contribution in [0.25, 0.3) is 0 Å². The molecule has 2 N–H and O–H groups in total. The number of nitrogens with two attached hydrogens (primary N) is 1. The summed E-state index contributed by atoms with van der Waals surface area (Å²) >= 11 is 4.83. The van der Waals surface area contributed by atoms with Crippen molar-refractivity contribution in [1.82, 2.24) is 9.78 Å². The van der Waals surface area contributed by atoms with Crippen molar-refractivity contribution in [3.05, 3.63) is 41.3 Å². The molecule has 0 fully saturated rings. The molecule has 4 nitrogen and oxygen atoms in total. The van der Waals surface area contributed by atoms with Crippen LogP contribution < -0.4 is 10.5 Å². The molecule has 1 aromatic carbocycles. The van der Waals surface area contributed by atoms with Gasteiger partial charge in [-0.1, -0.05) is 18.3 Å². The normalized spacial score (nSPS) is 10.4. The topological polar surface area (TPSA) is 53.1 Å². The fourth-order valence-electron chi connectivity index (χ4n) is 1.62. The van der Waals surface area contributed by atoms with Gasteiger partial charge in [-0.05, 0) is 19.1 Å². The van der Waals surface area contributed by atoms with Crippen LogP contribution in [-0.2, 0) is 7.05 Å². The van der Waals surface area contributed by atoms with E-state index in [0.717, 1.165) is 5.69 Å². The van der Waals surface area contributed by atoms with Crippen molar-refractivity contribution in [3.63, 3.8) is 0 Å². The molecule has 0 saturated carbocycles. The van der Waals surface area contributed by atoms with Crippen molar-refractivity contribution in [1.29, 1.82) is 0 Å². The number of nitrogens with zero attached hydrogens (tertiary/aromatic N) is 2. The summed E-state index contributed by atoms with van der Waals surface area (Å²) in [6, 6.07) is 6.18. The number of rotatable bonds is 3. The summed E-state index contributed by atoms with van der Waals surface area (Å²) in [6.45, 7) is 1.84. The van der Waals surface area contributed by atoms with Crippen LogP contribution in [0.4, 0.5) is 4.39 Å². The molecule has 1 heterocycles. The molecule has 6 heteroatoms. The fraction of sp³-hybridized carbons (Fsp3) is 0.167. The molecule has 2 rings (SSSR count). The van der Waals surface area contributed by atoms with Gasteiger partial charge in [0.1, 0.15) is 16.6 Å². The molecule has 0 spiro atoms. The average Bonchev–Trinajstić information content (AvgIpc) is 2.57. The van der Waals surface area contributed by atoms with E-state index in [-0.39, 0.29) is 16.3 Å². The van der Waals surface area contributed by atoms with E-state index in [0.29, 0.717) is 5.88 Å². The largest absolute Gasteiger partial charge is 0.438 e. The Kier molecular flexibility index (Phi) is 3.29. The van der Waals surface area contributed by atoms with Gasteiger partial charge in [-0.15, -0.1) is 0 Å². The standard InChI is InChI=1S/C12H12FN3OS/c1-7-6-10(16(2)15-7)17-9-5-3-4-8(13)11(9)12(14)18/h3-6H,1-2H3,(H2,14,18). The van der Waals surface area contributed by atoms with E-state index in [1.165, 1.54) is 12.1 Å². The Morgan fingerprint density at radius 2 is 2.22 bits per heavy atom. The van der Waals surface area contributed by atoms with Crippen LogP contribution in [-0.4, -0.2) is 14.8 Å². The maximum absolute atomic E-state index is 13.6. The van der Waals surface area contributed by atoms with Crippen molar-refractivity contribution >= 4 is 17.2 Å². The molecule has 2 aromatic rings. The molecular weight excluding hydrogens is 253 g/mol. The third-order valence-corrected chi connectivity index (χ3v) is 2.60. The summed E-state index contributed by atoms with van der Waals surface area (Å²) in [4.78, 5) is -0.0398. The van der Waals surface area contributed by atoms with Crippen molar-refractivity contribution < 1.29 is 9.13 Å². The van der Waals surface area contributed by atoms with Crippen molar-refractivity contribution in [2.75, 3.05) is 0 Å². The Hall–Kier alpha value is -1.95. The van der Waals surface area contributed by atoms with Gasteiger partial charge in [0.25, 0.3) is 0 Å². The van der Waals surface area contributed by atoms with E-state index in [1.54, 1.807) is 23.9 Å². The zero-order valence-electron chi connectivity index (χ0n) is 9.98. The molecule has 0 atom stereocenters. The summed E-state index contributed by atoms with van der Waals surface area (Å²) in [6.07, 6.45) is 0. The highest BCUT2D eigenvalue weighted by molar-refractivity contribution is 7.80. The Morgan fingerprint density at radius 1 is 1.50 bits per heavy atom. The smallest absolute Gasteiger partial charge is 0.217 e. The van der Waals surface area contributed by atoms with Gasteiger partial charge in [0.05, 0.1) is 11.3 Å². The second-order valence-corrected chi connectivity index (χ2v) is 4.27. The molecule has 0 aliphatic heterocycles. The maximum atomic E-state index is 13.6. The number of thiocarbonyl (C=S) groups is 1. The molecule has 0 saturated heterocycles. The van der Waals surface area contributed by atoms with Gasteiger partial charge in [-0.3, -0.25) is 0 Å². The Bertz CT molecular complexity index is 609. The van der Waals surface area contributed by atoms with Gasteiger partial charge >= 0.3 is 0 Å².